The van der Waals surface area contributed by atoms with Crippen molar-refractivity contribution in [3.63, 3.8) is 0 Å². The van der Waals surface area contributed by atoms with E-state index in [0.717, 1.165) is 30.5 Å². The van der Waals surface area contributed by atoms with Crippen molar-refractivity contribution in [2.45, 2.75) is 11.1 Å². The van der Waals surface area contributed by atoms with Gasteiger partial charge < -0.3 is 10.1 Å². The summed E-state index contributed by atoms with van der Waals surface area (Å²) in [4.78, 5) is 12.5. The number of hydrogen-bond donors (Lipinski definition) is 1. The van der Waals surface area contributed by atoms with E-state index in [0.29, 0.717) is 6.07 Å². The van der Waals surface area contributed by atoms with Crippen molar-refractivity contribution in [2.75, 3.05) is 11.6 Å². The number of halogens is 5. The molecule has 0 aliphatic rings. The Bertz CT molecular complexity index is 1300. The Morgan fingerprint density at radius 3 is 2.38 bits per heavy atom. The first-order chi connectivity index (χ1) is 14.9. The molecule has 0 atom stereocenters. The first-order valence-electron chi connectivity index (χ1n) is 8.54. The molecule has 13 heteroatoms. The van der Waals surface area contributed by atoms with Gasteiger partial charge in [-0.3, -0.25) is 4.79 Å². The van der Waals surface area contributed by atoms with Gasteiger partial charge in [0.2, 0.25) is 5.82 Å². The standard InChI is InChI=1S/C19H12F5N3O4S/c1-32(29,30)11-5-2-4-10(8-11)25-17(28)12-9-15(19(22,23)24)26-27-18(12)31-14-7-3-6-13(20)16(14)21/h2-9H,1H3,(H,25,28). The van der Waals surface area contributed by atoms with Crippen LogP contribution in [0.4, 0.5) is 27.6 Å². The fourth-order valence-electron chi connectivity index (χ4n) is 2.43. The summed E-state index contributed by atoms with van der Waals surface area (Å²) in [5.74, 6) is -5.53. The summed E-state index contributed by atoms with van der Waals surface area (Å²) >= 11 is 0. The zero-order valence-corrected chi connectivity index (χ0v) is 16.8. The first-order valence-corrected chi connectivity index (χ1v) is 10.4. The molecule has 0 saturated carbocycles. The van der Waals surface area contributed by atoms with E-state index in [1.54, 1.807) is 0 Å². The van der Waals surface area contributed by atoms with E-state index in [1.807, 2.05) is 0 Å². The average Bonchev–Trinajstić information content (AvgIpc) is 2.70. The zero-order chi connectivity index (χ0) is 23.7. The highest BCUT2D eigenvalue weighted by atomic mass is 32.2. The van der Waals surface area contributed by atoms with Crippen LogP contribution in [0.1, 0.15) is 16.1 Å². The maximum Gasteiger partial charge on any atom is 0.435 e. The summed E-state index contributed by atoms with van der Waals surface area (Å²) in [6.45, 7) is 0. The average molecular weight is 473 g/mol. The van der Waals surface area contributed by atoms with Gasteiger partial charge in [-0.05, 0) is 36.4 Å². The number of amides is 1. The van der Waals surface area contributed by atoms with Crippen LogP contribution in [0.3, 0.4) is 0 Å². The van der Waals surface area contributed by atoms with E-state index in [-0.39, 0.29) is 10.6 Å². The maximum atomic E-state index is 13.9. The van der Waals surface area contributed by atoms with Gasteiger partial charge in [0.05, 0.1) is 4.90 Å². The molecule has 1 amide bonds. The SMILES string of the molecule is CS(=O)(=O)c1cccc(NC(=O)c2cc(C(F)(F)F)nnc2Oc2cccc(F)c2F)c1. The number of aromatic nitrogens is 2. The number of carbonyl (C=O) groups excluding carboxylic acids is 1. The summed E-state index contributed by atoms with van der Waals surface area (Å²) in [6, 6.07) is 8.06. The Kier molecular flexibility index (Phi) is 6.12. The highest BCUT2D eigenvalue weighted by molar-refractivity contribution is 7.90. The summed E-state index contributed by atoms with van der Waals surface area (Å²) in [5.41, 5.74) is -2.41. The summed E-state index contributed by atoms with van der Waals surface area (Å²) in [7, 11) is -3.63. The molecule has 1 N–H and O–H groups in total. The number of carbonyl (C=O) groups is 1. The Morgan fingerprint density at radius 1 is 1.03 bits per heavy atom. The molecule has 0 fully saturated rings. The second kappa shape index (κ2) is 8.49. The molecule has 168 valence electrons. The van der Waals surface area contributed by atoms with Gasteiger partial charge >= 0.3 is 6.18 Å². The van der Waals surface area contributed by atoms with Gasteiger partial charge in [-0.2, -0.15) is 17.6 Å². The Hall–Kier alpha value is -3.61. The monoisotopic (exact) mass is 473 g/mol. The molecule has 32 heavy (non-hydrogen) atoms. The number of rotatable bonds is 5. The fraction of sp³-hybridized carbons (Fsp3) is 0.105. The van der Waals surface area contributed by atoms with Crippen molar-refractivity contribution in [2.24, 2.45) is 0 Å². The number of anilines is 1. The number of hydrogen-bond acceptors (Lipinski definition) is 6. The van der Waals surface area contributed by atoms with Gasteiger partial charge in [0.1, 0.15) is 5.56 Å². The molecule has 0 saturated heterocycles. The zero-order valence-electron chi connectivity index (χ0n) is 15.9. The molecular formula is C19H12F5N3O4S. The topological polar surface area (TPSA) is 98.2 Å². The van der Waals surface area contributed by atoms with Crippen molar-refractivity contribution in [1.29, 1.82) is 0 Å². The number of nitrogens with one attached hydrogen (secondary N) is 1. The van der Waals surface area contributed by atoms with Crippen molar-refractivity contribution in [1.82, 2.24) is 10.2 Å². The molecule has 0 spiro atoms. The number of nitrogens with zero attached hydrogens (tertiary/aromatic N) is 2. The minimum absolute atomic E-state index is 0.0637. The quantitative estimate of drug-likeness (QED) is 0.558. The minimum Gasteiger partial charge on any atom is -0.434 e. The van der Waals surface area contributed by atoms with Gasteiger partial charge in [-0.25, -0.2) is 12.8 Å². The van der Waals surface area contributed by atoms with E-state index in [2.05, 4.69) is 15.5 Å². The largest absolute Gasteiger partial charge is 0.435 e. The van der Waals surface area contributed by atoms with Crippen LogP contribution in [0.25, 0.3) is 0 Å². The van der Waals surface area contributed by atoms with Gasteiger partial charge in [-0.15, -0.1) is 10.2 Å². The molecule has 3 aromatic rings. The minimum atomic E-state index is -4.97. The Labute approximate surface area is 177 Å². The lowest BCUT2D eigenvalue weighted by Crippen LogP contribution is -2.18. The van der Waals surface area contributed by atoms with Crippen molar-refractivity contribution in [3.05, 3.63) is 71.4 Å². The molecule has 1 aromatic heterocycles. The lowest BCUT2D eigenvalue weighted by Gasteiger charge is -2.13. The van der Waals surface area contributed by atoms with Gasteiger partial charge in [0.15, 0.2) is 27.1 Å². The normalized spacial score (nSPS) is 11.8. The van der Waals surface area contributed by atoms with Crippen molar-refractivity contribution < 1.29 is 39.9 Å². The van der Waals surface area contributed by atoms with Crippen LogP contribution in [0.2, 0.25) is 0 Å². The van der Waals surface area contributed by atoms with Crippen LogP contribution in [-0.2, 0) is 16.0 Å². The number of sulfone groups is 1. The van der Waals surface area contributed by atoms with E-state index < -0.39 is 56.4 Å². The molecule has 3 rings (SSSR count). The predicted molar refractivity (Wildman–Crippen MR) is 101 cm³/mol. The summed E-state index contributed by atoms with van der Waals surface area (Å²) in [5, 5.41) is 8.33. The van der Waals surface area contributed by atoms with E-state index in [1.165, 1.54) is 18.2 Å². The molecule has 0 aliphatic carbocycles. The summed E-state index contributed by atoms with van der Waals surface area (Å²) in [6.07, 6.45) is -4.04. The predicted octanol–water partition coefficient (Wildman–Crippen LogP) is 4.22. The third kappa shape index (κ3) is 5.17. The molecule has 2 aromatic carbocycles. The van der Waals surface area contributed by atoms with Crippen LogP contribution in [0, 0.1) is 11.6 Å². The van der Waals surface area contributed by atoms with Gasteiger partial charge in [-0.1, -0.05) is 12.1 Å². The van der Waals surface area contributed by atoms with Crippen LogP contribution < -0.4 is 10.1 Å². The smallest absolute Gasteiger partial charge is 0.434 e. The third-order valence-electron chi connectivity index (χ3n) is 3.94. The first kappa shape index (κ1) is 23.1. The molecule has 0 bridgehead atoms. The van der Waals surface area contributed by atoms with Crippen molar-refractivity contribution in [3.8, 4) is 11.6 Å². The van der Waals surface area contributed by atoms with E-state index in [4.69, 9.17) is 4.74 Å². The van der Waals surface area contributed by atoms with Crippen LogP contribution in [0.15, 0.2) is 53.4 Å². The highest BCUT2D eigenvalue weighted by Gasteiger charge is 2.35. The van der Waals surface area contributed by atoms with Gasteiger partial charge in [0.25, 0.3) is 11.8 Å². The lowest BCUT2D eigenvalue weighted by molar-refractivity contribution is -0.141. The number of benzene rings is 2. The van der Waals surface area contributed by atoms with Crippen molar-refractivity contribution >= 4 is 21.4 Å². The second-order valence-corrected chi connectivity index (χ2v) is 8.37. The molecule has 1 heterocycles. The summed E-state index contributed by atoms with van der Waals surface area (Å²) < 4.78 is 94.9. The maximum absolute atomic E-state index is 13.9. The van der Waals surface area contributed by atoms with E-state index in [9.17, 15) is 35.2 Å². The highest BCUT2D eigenvalue weighted by Crippen LogP contribution is 2.32. The second-order valence-electron chi connectivity index (χ2n) is 6.35. The Balaban J connectivity index is 2.02. The number of alkyl halides is 3. The molecule has 7 nitrogen and oxygen atoms in total. The molecule has 0 unspecified atom stereocenters. The van der Waals surface area contributed by atoms with Crippen LogP contribution >= 0.6 is 0 Å². The van der Waals surface area contributed by atoms with Crippen LogP contribution in [-0.4, -0.2) is 30.8 Å². The van der Waals surface area contributed by atoms with Crippen LogP contribution in [0.5, 0.6) is 11.6 Å². The van der Waals surface area contributed by atoms with Gasteiger partial charge in [0, 0.05) is 11.9 Å². The Morgan fingerprint density at radius 2 is 1.72 bits per heavy atom. The fourth-order valence-corrected chi connectivity index (χ4v) is 3.09. The third-order valence-corrected chi connectivity index (χ3v) is 5.05. The molecular weight excluding hydrogens is 461 g/mol. The number of ether oxygens (including phenoxy) is 1. The molecule has 0 radical (unpaired) electrons. The molecule has 0 aliphatic heterocycles. The lowest BCUT2D eigenvalue weighted by atomic mass is 10.2. The van der Waals surface area contributed by atoms with E-state index >= 15 is 0 Å².